The van der Waals surface area contributed by atoms with Gasteiger partial charge in [0, 0.05) is 28.9 Å². The van der Waals surface area contributed by atoms with Crippen molar-refractivity contribution in [3.8, 4) is 5.88 Å². The van der Waals surface area contributed by atoms with Crippen LogP contribution in [0.2, 0.25) is 5.02 Å². The van der Waals surface area contributed by atoms with Crippen LogP contribution in [0.3, 0.4) is 0 Å². The third-order valence-electron chi connectivity index (χ3n) is 4.91. The predicted octanol–water partition coefficient (Wildman–Crippen LogP) is 4.48. The molecule has 7 nitrogen and oxygen atoms in total. The largest absolute Gasteiger partial charge is 0.471 e. The maximum atomic E-state index is 13.0. The van der Waals surface area contributed by atoms with Gasteiger partial charge in [0.05, 0.1) is 12.6 Å². The zero-order valence-corrected chi connectivity index (χ0v) is 18.3. The first kappa shape index (κ1) is 22.9. The molecule has 0 radical (unpaired) electrons. The van der Waals surface area contributed by atoms with E-state index in [9.17, 15) is 18.4 Å². The van der Waals surface area contributed by atoms with Crippen molar-refractivity contribution < 1.29 is 23.1 Å². The second-order valence-corrected chi connectivity index (χ2v) is 8.66. The van der Waals surface area contributed by atoms with Crippen LogP contribution < -0.4 is 10.1 Å². The number of carbonyl (C=O) groups excluding carboxylic acids is 2. The fourth-order valence-corrected chi connectivity index (χ4v) is 3.29. The van der Waals surface area contributed by atoms with Gasteiger partial charge in [0.25, 0.3) is 12.3 Å². The molecule has 0 aromatic carbocycles. The summed E-state index contributed by atoms with van der Waals surface area (Å²) in [6.45, 7) is 6.60. The summed E-state index contributed by atoms with van der Waals surface area (Å²) < 4.78 is 29.6. The molecule has 10 heteroatoms. The fraction of sp³-hybridized carbons (Fsp3) is 0.429. The molecule has 0 bridgehead atoms. The highest BCUT2D eigenvalue weighted by molar-refractivity contribution is 6.31. The van der Waals surface area contributed by atoms with E-state index in [1.54, 1.807) is 38.7 Å². The number of hydrogen-bond acceptors (Lipinski definition) is 5. The van der Waals surface area contributed by atoms with Crippen LogP contribution in [-0.4, -0.2) is 39.7 Å². The molecule has 2 aromatic rings. The lowest BCUT2D eigenvalue weighted by Gasteiger charge is -2.25. The van der Waals surface area contributed by atoms with E-state index in [-0.39, 0.29) is 29.3 Å². The van der Waals surface area contributed by atoms with E-state index < -0.39 is 24.5 Å². The number of fused-ring (bicyclic) bond motifs is 1. The van der Waals surface area contributed by atoms with Crippen LogP contribution in [-0.2, 0) is 11.3 Å². The number of ether oxygens (including phenoxy) is 1. The molecular weight excluding hydrogens is 430 g/mol. The van der Waals surface area contributed by atoms with Crippen LogP contribution in [0.5, 0.6) is 5.88 Å². The van der Waals surface area contributed by atoms with E-state index >= 15 is 0 Å². The predicted molar refractivity (Wildman–Crippen MR) is 111 cm³/mol. The quantitative estimate of drug-likeness (QED) is 0.698. The van der Waals surface area contributed by atoms with Gasteiger partial charge in [0.2, 0.25) is 11.8 Å². The summed E-state index contributed by atoms with van der Waals surface area (Å²) in [6.07, 6.45) is 0.281. The Bertz CT molecular complexity index is 1010. The van der Waals surface area contributed by atoms with Gasteiger partial charge in [-0.15, -0.1) is 0 Å². The summed E-state index contributed by atoms with van der Waals surface area (Å²) in [7, 11) is 0. The van der Waals surface area contributed by atoms with Crippen LogP contribution >= 0.6 is 11.6 Å². The monoisotopic (exact) mass is 452 g/mol. The van der Waals surface area contributed by atoms with E-state index in [1.807, 2.05) is 0 Å². The minimum atomic E-state index is -2.64. The number of nitrogens with zero attached hydrogens (tertiary/aromatic N) is 3. The molecule has 1 aliphatic rings. The maximum absolute atomic E-state index is 13.0. The Morgan fingerprint density at radius 2 is 2.06 bits per heavy atom. The zero-order valence-electron chi connectivity index (χ0n) is 17.6. The van der Waals surface area contributed by atoms with Gasteiger partial charge in [-0.25, -0.2) is 18.7 Å². The molecule has 0 spiro atoms. The molecule has 0 fully saturated rings. The normalized spacial score (nSPS) is 14.6. The minimum Gasteiger partial charge on any atom is -0.471 e. The second kappa shape index (κ2) is 8.74. The average molecular weight is 453 g/mol. The molecule has 1 unspecified atom stereocenters. The average Bonchev–Trinajstić information content (AvgIpc) is 3.03. The van der Waals surface area contributed by atoms with Gasteiger partial charge in [-0.1, -0.05) is 32.4 Å². The molecule has 3 heterocycles. The molecule has 2 amide bonds. The van der Waals surface area contributed by atoms with Crippen LogP contribution in [0.4, 0.5) is 14.6 Å². The number of carbonyl (C=O) groups is 2. The standard InChI is InChI=1S/C21H23ClF2N4O3/c1-11(12-7-15(22)18(26-8-12)31-10-16(23)24)28-9-14-13(19(28)29)5-6-25-17(14)27-20(30)21(2,3)4/h5-8,11,16H,9-10H2,1-4H3,(H,25,27,30). The summed E-state index contributed by atoms with van der Waals surface area (Å²) in [5.74, 6) is -0.161. The van der Waals surface area contributed by atoms with Gasteiger partial charge < -0.3 is 15.0 Å². The topological polar surface area (TPSA) is 84.4 Å². The highest BCUT2D eigenvalue weighted by Crippen LogP contribution is 2.35. The van der Waals surface area contributed by atoms with Crippen molar-refractivity contribution >= 4 is 29.2 Å². The molecule has 1 atom stereocenters. The van der Waals surface area contributed by atoms with Crippen LogP contribution in [0.15, 0.2) is 24.5 Å². The molecule has 0 saturated carbocycles. The molecule has 1 aliphatic heterocycles. The summed E-state index contributed by atoms with van der Waals surface area (Å²) in [5.41, 5.74) is 1.09. The number of halogens is 3. The van der Waals surface area contributed by atoms with Crippen molar-refractivity contribution in [2.75, 3.05) is 11.9 Å². The lowest BCUT2D eigenvalue weighted by atomic mass is 9.95. The number of aromatic nitrogens is 2. The molecular formula is C21H23ClF2N4O3. The first-order valence-electron chi connectivity index (χ1n) is 9.65. The van der Waals surface area contributed by atoms with Crippen molar-refractivity contribution in [1.82, 2.24) is 14.9 Å². The van der Waals surface area contributed by atoms with Gasteiger partial charge in [0.1, 0.15) is 10.8 Å². The number of pyridine rings is 2. The molecule has 3 rings (SSSR count). The van der Waals surface area contributed by atoms with Crippen LogP contribution in [0.1, 0.15) is 55.2 Å². The Morgan fingerprint density at radius 3 is 2.68 bits per heavy atom. The fourth-order valence-electron chi connectivity index (χ4n) is 3.06. The maximum Gasteiger partial charge on any atom is 0.272 e. The molecule has 2 aromatic heterocycles. The first-order valence-corrected chi connectivity index (χ1v) is 10.0. The van der Waals surface area contributed by atoms with Gasteiger partial charge in [-0.05, 0) is 24.6 Å². The van der Waals surface area contributed by atoms with Gasteiger partial charge in [-0.3, -0.25) is 9.59 Å². The molecule has 1 N–H and O–H groups in total. The summed E-state index contributed by atoms with van der Waals surface area (Å²) >= 11 is 6.12. The van der Waals surface area contributed by atoms with Gasteiger partial charge >= 0.3 is 0 Å². The Morgan fingerprint density at radius 1 is 1.35 bits per heavy atom. The van der Waals surface area contributed by atoms with Crippen molar-refractivity contribution in [2.24, 2.45) is 5.41 Å². The second-order valence-electron chi connectivity index (χ2n) is 8.26. The van der Waals surface area contributed by atoms with Crippen molar-refractivity contribution in [1.29, 1.82) is 0 Å². The number of rotatable bonds is 6. The lowest BCUT2D eigenvalue weighted by Crippen LogP contribution is -2.29. The number of hydrogen-bond donors (Lipinski definition) is 1. The Balaban J connectivity index is 1.81. The zero-order chi connectivity index (χ0) is 22.9. The Kier molecular flexibility index (Phi) is 6.45. The lowest BCUT2D eigenvalue weighted by molar-refractivity contribution is -0.123. The molecule has 0 aliphatic carbocycles. The summed E-state index contributed by atoms with van der Waals surface area (Å²) in [5, 5.41) is 2.88. The molecule has 0 saturated heterocycles. The van der Waals surface area contributed by atoms with E-state index in [4.69, 9.17) is 16.3 Å². The van der Waals surface area contributed by atoms with Crippen molar-refractivity contribution in [3.63, 3.8) is 0 Å². The van der Waals surface area contributed by atoms with Crippen molar-refractivity contribution in [2.45, 2.75) is 46.7 Å². The SMILES string of the molecule is CC(c1cnc(OCC(F)F)c(Cl)c1)N1Cc2c(ccnc2NC(=O)C(C)(C)C)C1=O. The van der Waals surface area contributed by atoms with Gasteiger partial charge in [0.15, 0.2) is 6.61 Å². The van der Waals surface area contributed by atoms with Crippen LogP contribution in [0, 0.1) is 5.41 Å². The number of nitrogens with one attached hydrogen (secondary N) is 1. The summed E-state index contributed by atoms with van der Waals surface area (Å²) in [4.78, 5) is 35.2. The minimum absolute atomic E-state index is 0.0777. The number of amides is 2. The van der Waals surface area contributed by atoms with Crippen molar-refractivity contribution in [3.05, 3.63) is 46.2 Å². The van der Waals surface area contributed by atoms with Crippen LogP contribution in [0.25, 0.3) is 0 Å². The third kappa shape index (κ3) is 4.92. The van der Waals surface area contributed by atoms with E-state index in [1.165, 1.54) is 18.5 Å². The highest BCUT2D eigenvalue weighted by atomic mass is 35.5. The third-order valence-corrected chi connectivity index (χ3v) is 5.18. The van der Waals surface area contributed by atoms with E-state index in [2.05, 4.69) is 15.3 Å². The first-order chi connectivity index (χ1) is 14.5. The van der Waals surface area contributed by atoms with Gasteiger partial charge in [-0.2, -0.15) is 0 Å². The molecule has 31 heavy (non-hydrogen) atoms. The number of alkyl halides is 2. The van der Waals surface area contributed by atoms with E-state index in [0.29, 0.717) is 22.5 Å². The smallest absolute Gasteiger partial charge is 0.272 e. The number of anilines is 1. The Hall–Kier alpha value is -2.81. The summed E-state index contributed by atoms with van der Waals surface area (Å²) in [6, 6.07) is 2.74. The highest BCUT2D eigenvalue weighted by Gasteiger charge is 2.35. The molecule has 166 valence electrons. The Labute approximate surface area is 183 Å². The van der Waals surface area contributed by atoms with E-state index in [0.717, 1.165) is 0 Å².